The molecule has 0 radical (unpaired) electrons. The second-order valence-corrected chi connectivity index (χ2v) is 8.88. The molecule has 0 bridgehead atoms. The van der Waals surface area contributed by atoms with E-state index in [1.165, 1.54) is 12.1 Å². The molecule has 0 heterocycles. The van der Waals surface area contributed by atoms with Crippen molar-refractivity contribution < 1.29 is 23.1 Å². The first kappa shape index (κ1) is 21.9. The van der Waals surface area contributed by atoms with Gasteiger partial charge in [-0.2, -0.15) is 0 Å². The largest absolute Gasteiger partial charge is 0.550 e. The van der Waals surface area contributed by atoms with Gasteiger partial charge < -0.3 is 14.6 Å². The minimum atomic E-state index is -3.88. The molecule has 0 saturated heterocycles. The van der Waals surface area contributed by atoms with Gasteiger partial charge in [0.15, 0.2) is 0 Å². The summed E-state index contributed by atoms with van der Waals surface area (Å²) in [7, 11) is -3.88. The Bertz CT molecular complexity index is 874. The number of benzene rings is 2. The second kappa shape index (κ2) is 9.71. The van der Waals surface area contributed by atoms with Gasteiger partial charge in [-0.25, -0.2) is 13.1 Å². The molecular weight excluding hydrogens is 378 g/mol. The third-order valence-electron chi connectivity index (χ3n) is 4.25. The summed E-state index contributed by atoms with van der Waals surface area (Å²) in [6.07, 6.45) is 0.448. The number of aryl methyl sites for hydroxylation is 1. The number of carboxylic acid groups (broad SMARTS) is 1. The van der Waals surface area contributed by atoms with Crippen molar-refractivity contribution in [3.8, 4) is 5.75 Å². The minimum Gasteiger partial charge on any atom is -0.550 e. The van der Waals surface area contributed by atoms with Crippen LogP contribution in [0.2, 0.25) is 0 Å². The van der Waals surface area contributed by atoms with Gasteiger partial charge in [0.2, 0.25) is 10.0 Å². The van der Waals surface area contributed by atoms with E-state index in [-0.39, 0.29) is 4.90 Å². The normalized spacial score (nSPS) is 12.7. The van der Waals surface area contributed by atoms with Crippen molar-refractivity contribution in [2.24, 2.45) is 5.92 Å². The zero-order chi connectivity index (χ0) is 20.7. The number of rotatable bonds is 10. The number of ether oxygens (including phenoxy) is 1. The topological polar surface area (TPSA) is 95.5 Å². The molecule has 0 aliphatic heterocycles. The summed E-state index contributed by atoms with van der Waals surface area (Å²) in [6.45, 7) is 6.65. The monoisotopic (exact) mass is 404 g/mol. The maximum absolute atomic E-state index is 12.6. The molecule has 2 rings (SSSR count). The predicted molar refractivity (Wildman–Crippen MR) is 105 cm³/mol. The highest BCUT2D eigenvalue weighted by Crippen LogP contribution is 2.23. The maximum Gasteiger partial charge on any atom is 0.241 e. The lowest BCUT2D eigenvalue weighted by molar-refractivity contribution is -0.306. The van der Waals surface area contributed by atoms with E-state index < -0.39 is 28.5 Å². The van der Waals surface area contributed by atoms with Gasteiger partial charge >= 0.3 is 0 Å². The number of sulfonamides is 1. The number of hydrogen-bond donors (Lipinski definition) is 1. The molecule has 7 heteroatoms. The zero-order valence-corrected chi connectivity index (χ0v) is 17.2. The van der Waals surface area contributed by atoms with Crippen LogP contribution in [0.25, 0.3) is 0 Å². The molecule has 152 valence electrons. The summed E-state index contributed by atoms with van der Waals surface area (Å²) in [4.78, 5) is 11.2. The molecule has 0 aliphatic rings. The highest BCUT2D eigenvalue weighted by atomic mass is 32.2. The van der Waals surface area contributed by atoms with Crippen molar-refractivity contribution in [1.82, 2.24) is 4.72 Å². The predicted octanol–water partition coefficient (Wildman–Crippen LogP) is 2.58. The fourth-order valence-electron chi connectivity index (χ4n) is 2.58. The standard InChI is InChI=1S/C21H27NO5S/c1-15(2)12-13-27-18-8-6-17(7-9-18)20(14-21(23)24)22-28(25,26)19-10-4-16(3)5-11-19/h4-11,15,20,22H,12-14H2,1-3H3,(H,23,24)/p-1/t20-/m1/s1. The Hall–Kier alpha value is -2.38. The zero-order valence-electron chi connectivity index (χ0n) is 16.3. The van der Waals surface area contributed by atoms with E-state index in [0.29, 0.717) is 23.8 Å². The van der Waals surface area contributed by atoms with Gasteiger partial charge in [-0.3, -0.25) is 0 Å². The van der Waals surface area contributed by atoms with Crippen LogP contribution in [-0.4, -0.2) is 21.0 Å². The van der Waals surface area contributed by atoms with Crippen LogP contribution in [0.1, 0.15) is 43.9 Å². The Morgan fingerprint density at radius 3 is 2.21 bits per heavy atom. The van der Waals surface area contributed by atoms with Crippen molar-refractivity contribution in [2.45, 2.75) is 44.6 Å². The number of hydrogen-bond acceptors (Lipinski definition) is 5. The molecule has 0 aromatic heterocycles. The molecule has 0 spiro atoms. The van der Waals surface area contributed by atoms with Crippen LogP contribution in [0.15, 0.2) is 53.4 Å². The third kappa shape index (κ3) is 6.65. The van der Waals surface area contributed by atoms with E-state index in [0.717, 1.165) is 12.0 Å². The molecule has 0 unspecified atom stereocenters. The molecule has 0 saturated carbocycles. The Labute approximate surface area is 166 Å². The lowest BCUT2D eigenvalue weighted by Gasteiger charge is -2.20. The molecule has 1 N–H and O–H groups in total. The van der Waals surface area contributed by atoms with Gasteiger partial charge in [0.1, 0.15) is 5.75 Å². The number of aliphatic carboxylic acids is 1. The first-order valence-corrected chi connectivity index (χ1v) is 10.7. The van der Waals surface area contributed by atoms with Crippen molar-refractivity contribution in [3.05, 3.63) is 59.7 Å². The average molecular weight is 405 g/mol. The second-order valence-electron chi connectivity index (χ2n) is 7.16. The first-order chi connectivity index (χ1) is 13.2. The highest BCUT2D eigenvalue weighted by molar-refractivity contribution is 7.89. The maximum atomic E-state index is 12.6. The van der Waals surface area contributed by atoms with Gasteiger partial charge in [-0.15, -0.1) is 0 Å². The average Bonchev–Trinajstić information content (AvgIpc) is 2.61. The number of nitrogens with one attached hydrogen (secondary N) is 1. The van der Waals surface area contributed by atoms with Gasteiger partial charge in [0, 0.05) is 12.4 Å². The van der Waals surface area contributed by atoms with E-state index in [9.17, 15) is 18.3 Å². The van der Waals surface area contributed by atoms with Crippen LogP contribution < -0.4 is 14.6 Å². The molecule has 2 aromatic carbocycles. The van der Waals surface area contributed by atoms with Crippen molar-refractivity contribution in [2.75, 3.05) is 6.61 Å². The van der Waals surface area contributed by atoms with E-state index in [4.69, 9.17) is 4.74 Å². The van der Waals surface area contributed by atoms with Crippen molar-refractivity contribution >= 4 is 16.0 Å². The molecule has 1 atom stereocenters. The quantitative estimate of drug-likeness (QED) is 0.657. The van der Waals surface area contributed by atoms with Crippen LogP contribution in [0, 0.1) is 12.8 Å². The van der Waals surface area contributed by atoms with E-state index in [1.807, 2.05) is 6.92 Å². The third-order valence-corrected chi connectivity index (χ3v) is 5.73. The van der Waals surface area contributed by atoms with Gasteiger partial charge in [0.05, 0.1) is 17.5 Å². The molecule has 2 aromatic rings. The molecule has 0 aliphatic carbocycles. The Morgan fingerprint density at radius 1 is 1.07 bits per heavy atom. The molecule has 0 amide bonds. The Morgan fingerprint density at radius 2 is 1.68 bits per heavy atom. The fraction of sp³-hybridized carbons (Fsp3) is 0.381. The van der Waals surface area contributed by atoms with Crippen LogP contribution >= 0.6 is 0 Å². The number of carboxylic acids is 1. The number of carbonyl (C=O) groups excluding carboxylic acids is 1. The van der Waals surface area contributed by atoms with Crippen LogP contribution in [0.3, 0.4) is 0 Å². The summed E-state index contributed by atoms with van der Waals surface area (Å²) in [5.41, 5.74) is 1.45. The minimum absolute atomic E-state index is 0.0788. The number of carbonyl (C=O) groups is 1. The van der Waals surface area contributed by atoms with Crippen LogP contribution in [-0.2, 0) is 14.8 Å². The first-order valence-electron chi connectivity index (χ1n) is 9.19. The van der Waals surface area contributed by atoms with Crippen molar-refractivity contribution in [3.63, 3.8) is 0 Å². The highest BCUT2D eigenvalue weighted by Gasteiger charge is 2.21. The molecule has 28 heavy (non-hydrogen) atoms. The smallest absolute Gasteiger partial charge is 0.241 e. The van der Waals surface area contributed by atoms with Gasteiger partial charge in [-0.1, -0.05) is 43.7 Å². The Balaban J connectivity index is 2.16. The molecular formula is C21H26NO5S-. The van der Waals surface area contributed by atoms with Crippen molar-refractivity contribution in [1.29, 1.82) is 0 Å². The van der Waals surface area contributed by atoms with Gasteiger partial charge in [0.25, 0.3) is 0 Å². The Kier molecular flexibility index (Phi) is 7.60. The lowest BCUT2D eigenvalue weighted by Crippen LogP contribution is -2.34. The molecule has 6 nitrogen and oxygen atoms in total. The summed E-state index contributed by atoms with van der Waals surface area (Å²) in [5, 5.41) is 11.2. The fourth-order valence-corrected chi connectivity index (χ4v) is 3.80. The lowest BCUT2D eigenvalue weighted by atomic mass is 10.0. The molecule has 0 fully saturated rings. The summed E-state index contributed by atoms with van der Waals surface area (Å²) >= 11 is 0. The van der Waals surface area contributed by atoms with Gasteiger partial charge in [-0.05, 0) is 49.1 Å². The van der Waals surface area contributed by atoms with E-state index >= 15 is 0 Å². The van der Waals surface area contributed by atoms with Crippen LogP contribution in [0.5, 0.6) is 5.75 Å². The van der Waals surface area contributed by atoms with Crippen LogP contribution in [0.4, 0.5) is 0 Å². The summed E-state index contributed by atoms with van der Waals surface area (Å²) in [5.74, 6) is -0.158. The summed E-state index contributed by atoms with van der Waals surface area (Å²) < 4.78 is 33.4. The SMILES string of the molecule is Cc1ccc(S(=O)(=O)N[C@H](CC(=O)[O-])c2ccc(OCCC(C)C)cc2)cc1. The van der Waals surface area contributed by atoms with E-state index in [1.54, 1.807) is 36.4 Å². The summed E-state index contributed by atoms with van der Waals surface area (Å²) in [6, 6.07) is 12.1. The van der Waals surface area contributed by atoms with E-state index in [2.05, 4.69) is 18.6 Å².